The van der Waals surface area contributed by atoms with Crippen molar-refractivity contribution in [3.8, 4) is 5.75 Å². The Hall–Kier alpha value is -2.27. The molecule has 0 aliphatic heterocycles. The highest BCUT2D eigenvalue weighted by Gasteiger charge is 2.10. The lowest BCUT2D eigenvalue weighted by molar-refractivity contribution is -0.113. The van der Waals surface area contributed by atoms with E-state index >= 15 is 0 Å². The fourth-order valence-electron chi connectivity index (χ4n) is 2.71. The molecule has 1 N–H and O–H groups in total. The van der Waals surface area contributed by atoms with Crippen LogP contribution in [0.4, 0.5) is 5.69 Å². The minimum absolute atomic E-state index is 0.0202. The summed E-state index contributed by atoms with van der Waals surface area (Å²) in [6.07, 6.45) is 0. The Morgan fingerprint density at radius 3 is 2.38 bits per heavy atom. The highest BCUT2D eigenvalue weighted by molar-refractivity contribution is 7.99. The smallest absolute Gasteiger partial charge is 0.234 e. The topological polar surface area (TPSA) is 55.4 Å². The van der Waals surface area contributed by atoms with Gasteiger partial charge in [-0.25, -0.2) is 0 Å². The van der Waals surface area contributed by atoms with Crippen molar-refractivity contribution in [1.29, 1.82) is 0 Å². The number of ether oxygens (including phenoxy) is 1. The molecule has 0 fully saturated rings. The van der Waals surface area contributed by atoms with Crippen LogP contribution in [-0.4, -0.2) is 24.1 Å². The first-order chi connectivity index (χ1) is 12.4. The summed E-state index contributed by atoms with van der Waals surface area (Å²) in [5.74, 6) is 1.69. The maximum atomic E-state index is 12.2. The molecule has 0 unspecified atom stereocenters. The Morgan fingerprint density at radius 1 is 1.08 bits per heavy atom. The van der Waals surface area contributed by atoms with Crippen molar-refractivity contribution in [3.05, 3.63) is 58.7 Å². The zero-order chi connectivity index (χ0) is 19.1. The maximum absolute atomic E-state index is 12.2. The van der Waals surface area contributed by atoms with Crippen LogP contribution in [0.15, 0.2) is 36.4 Å². The van der Waals surface area contributed by atoms with Crippen molar-refractivity contribution >= 4 is 29.1 Å². The molecule has 4 nitrogen and oxygen atoms in total. The third-order valence-corrected chi connectivity index (χ3v) is 4.74. The first-order valence-corrected chi connectivity index (χ1v) is 9.77. The second-order valence-electron chi connectivity index (χ2n) is 6.23. The van der Waals surface area contributed by atoms with Gasteiger partial charge in [0.15, 0.2) is 5.78 Å². The van der Waals surface area contributed by atoms with Gasteiger partial charge in [0.2, 0.25) is 5.91 Å². The van der Waals surface area contributed by atoms with E-state index in [0.717, 1.165) is 28.1 Å². The predicted octanol–water partition coefficient (Wildman–Crippen LogP) is 4.78. The van der Waals surface area contributed by atoms with Crippen molar-refractivity contribution in [2.24, 2.45) is 0 Å². The number of hydrogen-bond donors (Lipinski definition) is 1. The van der Waals surface area contributed by atoms with Gasteiger partial charge in [-0.3, -0.25) is 9.59 Å². The van der Waals surface area contributed by atoms with Crippen LogP contribution < -0.4 is 10.1 Å². The summed E-state index contributed by atoms with van der Waals surface area (Å²) in [7, 11) is 0. The number of carbonyl (C=O) groups excluding carboxylic acids is 2. The maximum Gasteiger partial charge on any atom is 0.234 e. The number of rotatable bonds is 8. The number of thioether (sulfide) groups is 1. The van der Waals surface area contributed by atoms with Gasteiger partial charge >= 0.3 is 0 Å². The highest BCUT2D eigenvalue weighted by Crippen LogP contribution is 2.25. The van der Waals surface area contributed by atoms with Crippen LogP contribution in [0.1, 0.15) is 40.9 Å². The Bertz CT molecular complexity index is 782. The van der Waals surface area contributed by atoms with E-state index in [1.54, 1.807) is 13.0 Å². The van der Waals surface area contributed by atoms with Crippen LogP contribution in [0.25, 0.3) is 0 Å². The Kier molecular flexibility index (Phi) is 7.27. The second kappa shape index (κ2) is 9.43. The lowest BCUT2D eigenvalue weighted by Gasteiger charge is -2.12. The van der Waals surface area contributed by atoms with Gasteiger partial charge in [-0.05, 0) is 69.2 Å². The molecule has 2 aromatic rings. The van der Waals surface area contributed by atoms with Crippen molar-refractivity contribution in [2.75, 3.05) is 17.7 Å². The number of benzene rings is 2. The molecule has 0 aliphatic rings. The van der Waals surface area contributed by atoms with E-state index < -0.39 is 0 Å². The summed E-state index contributed by atoms with van der Waals surface area (Å²) >= 11 is 1.50. The average molecular weight is 372 g/mol. The molecule has 2 rings (SSSR count). The van der Waals surface area contributed by atoms with Crippen molar-refractivity contribution in [3.63, 3.8) is 0 Å². The largest absolute Gasteiger partial charge is 0.494 e. The van der Waals surface area contributed by atoms with Crippen molar-refractivity contribution in [1.82, 2.24) is 0 Å². The van der Waals surface area contributed by atoms with Crippen molar-refractivity contribution in [2.45, 2.75) is 33.4 Å². The summed E-state index contributed by atoms with van der Waals surface area (Å²) in [5.41, 5.74) is 4.65. The molecule has 0 saturated heterocycles. The molecule has 0 aromatic heterocycles. The predicted molar refractivity (Wildman–Crippen MR) is 108 cm³/mol. The molecule has 138 valence electrons. The zero-order valence-corrected chi connectivity index (χ0v) is 16.5. The number of carbonyl (C=O) groups is 2. The normalized spacial score (nSPS) is 10.5. The summed E-state index contributed by atoms with van der Waals surface area (Å²) < 4.78 is 5.63. The first kappa shape index (κ1) is 20.0. The molecule has 26 heavy (non-hydrogen) atoms. The average Bonchev–Trinajstić information content (AvgIpc) is 2.55. The molecule has 5 heteroatoms. The lowest BCUT2D eigenvalue weighted by atomic mass is 10.1. The van der Waals surface area contributed by atoms with Crippen molar-refractivity contribution < 1.29 is 14.3 Å². The van der Waals surface area contributed by atoms with E-state index in [1.807, 2.05) is 45.0 Å². The number of anilines is 1. The summed E-state index contributed by atoms with van der Waals surface area (Å²) in [5, 5.41) is 2.93. The van der Waals surface area contributed by atoms with E-state index in [2.05, 4.69) is 11.4 Å². The summed E-state index contributed by atoms with van der Waals surface area (Å²) in [6.45, 7) is 8.05. The van der Waals surface area contributed by atoms with Gasteiger partial charge in [-0.2, -0.15) is 0 Å². The monoisotopic (exact) mass is 371 g/mol. The molecular formula is C21H25NO3S. The van der Waals surface area contributed by atoms with Crippen LogP contribution in [-0.2, 0) is 10.5 Å². The fourth-order valence-corrected chi connectivity index (χ4v) is 3.51. The second-order valence-corrected chi connectivity index (χ2v) is 7.21. The number of Topliss-reactive ketones (excluding diaryl/α,β-unsaturated/α-hetero) is 1. The first-order valence-electron chi connectivity index (χ1n) is 8.61. The number of aryl methyl sites for hydroxylation is 2. The number of ketones is 1. The van der Waals surface area contributed by atoms with E-state index in [9.17, 15) is 9.59 Å². The minimum Gasteiger partial charge on any atom is -0.494 e. The summed E-state index contributed by atoms with van der Waals surface area (Å²) in [6, 6.07) is 11.4. The molecule has 0 saturated carbocycles. The van der Waals surface area contributed by atoms with Crippen LogP contribution in [0.3, 0.4) is 0 Å². The Balaban J connectivity index is 1.96. The third kappa shape index (κ3) is 5.92. The minimum atomic E-state index is -0.0410. The van der Waals surface area contributed by atoms with Gasteiger partial charge in [0.25, 0.3) is 0 Å². The van der Waals surface area contributed by atoms with E-state index in [-0.39, 0.29) is 11.7 Å². The van der Waals surface area contributed by atoms with Crippen LogP contribution in [0.2, 0.25) is 0 Å². The number of nitrogens with one attached hydrogen (secondary N) is 1. The zero-order valence-electron chi connectivity index (χ0n) is 15.7. The number of amides is 1. The highest BCUT2D eigenvalue weighted by atomic mass is 32.2. The SMILES string of the molecule is CCOc1ccc(C(C)=O)cc1CSCC(=O)Nc1cc(C)cc(C)c1. The van der Waals surface area contributed by atoms with Gasteiger partial charge in [0.05, 0.1) is 12.4 Å². The van der Waals surface area contributed by atoms with Gasteiger partial charge in [-0.15, -0.1) is 11.8 Å². The van der Waals surface area contributed by atoms with Crippen LogP contribution >= 0.6 is 11.8 Å². The Labute approximate surface area is 159 Å². The molecular weight excluding hydrogens is 346 g/mol. The molecule has 1 amide bonds. The fraction of sp³-hybridized carbons (Fsp3) is 0.333. The van der Waals surface area contributed by atoms with Crippen LogP contribution in [0, 0.1) is 13.8 Å². The molecule has 0 atom stereocenters. The van der Waals surface area contributed by atoms with Gasteiger partial charge in [0, 0.05) is 22.6 Å². The molecule has 0 bridgehead atoms. The van der Waals surface area contributed by atoms with Crippen LogP contribution in [0.5, 0.6) is 5.75 Å². The molecule has 0 heterocycles. The molecule has 0 spiro atoms. The quantitative estimate of drug-likeness (QED) is 0.679. The van der Waals surface area contributed by atoms with Gasteiger partial charge < -0.3 is 10.1 Å². The lowest BCUT2D eigenvalue weighted by Crippen LogP contribution is -2.14. The Morgan fingerprint density at radius 2 is 1.77 bits per heavy atom. The molecule has 2 aromatic carbocycles. The van der Waals surface area contributed by atoms with E-state index in [0.29, 0.717) is 23.7 Å². The third-order valence-electron chi connectivity index (χ3n) is 3.76. The van der Waals surface area contributed by atoms with Gasteiger partial charge in [-0.1, -0.05) is 6.07 Å². The standard InChI is InChI=1S/C21H25NO3S/c1-5-25-20-7-6-17(16(4)23)11-18(20)12-26-13-21(24)22-19-9-14(2)8-15(3)10-19/h6-11H,5,12-13H2,1-4H3,(H,22,24). The van der Waals surface area contributed by atoms with E-state index in [4.69, 9.17) is 4.74 Å². The molecule has 0 radical (unpaired) electrons. The number of hydrogen-bond acceptors (Lipinski definition) is 4. The molecule has 0 aliphatic carbocycles. The van der Waals surface area contributed by atoms with E-state index in [1.165, 1.54) is 11.8 Å². The summed E-state index contributed by atoms with van der Waals surface area (Å²) in [4.78, 5) is 23.8. The van der Waals surface area contributed by atoms with Gasteiger partial charge in [0.1, 0.15) is 5.75 Å².